The highest BCUT2D eigenvalue weighted by Crippen LogP contribution is 2.38. The highest BCUT2D eigenvalue weighted by atomic mass is 19.4. The van der Waals surface area contributed by atoms with E-state index in [1.165, 1.54) is 6.07 Å². The number of rotatable bonds is 3. The predicted octanol–water partition coefficient (Wildman–Crippen LogP) is 3.97. The first-order valence-electron chi connectivity index (χ1n) is 7.50. The molecule has 2 rings (SSSR count). The number of nitrogens with zero attached hydrogens (tertiary/aromatic N) is 1. The van der Waals surface area contributed by atoms with Crippen LogP contribution in [0.3, 0.4) is 0 Å². The smallest absolute Gasteiger partial charge is 0.327 e. The zero-order valence-electron chi connectivity index (χ0n) is 12.5. The van der Waals surface area contributed by atoms with E-state index in [2.05, 4.69) is 4.90 Å². The van der Waals surface area contributed by atoms with Gasteiger partial charge in [-0.15, -0.1) is 0 Å². The Morgan fingerprint density at radius 1 is 1.19 bits per heavy atom. The average molecular weight is 300 g/mol. The van der Waals surface area contributed by atoms with Crippen molar-refractivity contribution in [1.29, 1.82) is 0 Å². The van der Waals surface area contributed by atoms with Crippen molar-refractivity contribution in [3.63, 3.8) is 0 Å². The Balaban J connectivity index is 2.33. The minimum atomic E-state index is -4.32. The summed E-state index contributed by atoms with van der Waals surface area (Å²) in [5.74, 6) is 0. The number of hydrogen-bond acceptors (Lipinski definition) is 2. The third-order valence-corrected chi connectivity index (χ3v) is 4.41. The van der Waals surface area contributed by atoms with Gasteiger partial charge in [0.1, 0.15) is 0 Å². The number of nitrogens with two attached hydrogens (primary N) is 1. The third kappa shape index (κ3) is 3.58. The van der Waals surface area contributed by atoms with E-state index < -0.39 is 11.7 Å². The van der Waals surface area contributed by atoms with Crippen LogP contribution in [0, 0.1) is 0 Å². The van der Waals surface area contributed by atoms with E-state index in [0.717, 1.165) is 31.9 Å². The van der Waals surface area contributed by atoms with Crippen molar-refractivity contribution in [2.24, 2.45) is 5.73 Å². The van der Waals surface area contributed by atoms with Gasteiger partial charge in [0, 0.05) is 18.1 Å². The summed E-state index contributed by atoms with van der Waals surface area (Å²) < 4.78 is 39.6. The number of hydrogen-bond donors (Lipinski definition) is 1. The van der Waals surface area contributed by atoms with Gasteiger partial charge in [-0.05, 0) is 44.9 Å². The predicted molar refractivity (Wildman–Crippen MR) is 77.9 cm³/mol. The molecule has 0 spiro atoms. The number of likely N-dealkylation sites (tertiary alicyclic amines) is 1. The molecule has 0 radical (unpaired) electrons. The van der Waals surface area contributed by atoms with E-state index >= 15 is 0 Å². The van der Waals surface area contributed by atoms with Gasteiger partial charge in [-0.1, -0.05) is 24.6 Å². The quantitative estimate of drug-likeness (QED) is 0.915. The molecule has 0 aromatic heterocycles. The molecular weight excluding hydrogens is 277 g/mol. The van der Waals surface area contributed by atoms with E-state index in [-0.39, 0.29) is 18.1 Å². The Bertz CT molecular complexity index is 471. The molecule has 0 aliphatic carbocycles. The topological polar surface area (TPSA) is 29.3 Å². The number of halogens is 3. The normalized spacial score (nSPS) is 23.8. The molecule has 3 unspecified atom stereocenters. The van der Waals surface area contributed by atoms with Gasteiger partial charge in [-0.3, -0.25) is 4.90 Å². The SMILES string of the molecule is CC(N)C1CCCCN1C(C)c1ccccc1C(F)(F)F. The van der Waals surface area contributed by atoms with Gasteiger partial charge in [0.2, 0.25) is 0 Å². The molecule has 0 amide bonds. The Kier molecular flexibility index (Phi) is 4.94. The molecule has 0 saturated carbocycles. The summed E-state index contributed by atoms with van der Waals surface area (Å²) in [6, 6.07) is 5.70. The molecule has 5 heteroatoms. The van der Waals surface area contributed by atoms with Crippen LogP contribution >= 0.6 is 0 Å². The highest BCUT2D eigenvalue weighted by Gasteiger charge is 2.37. The second kappa shape index (κ2) is 6.36. The van der Waals surface area contributed by atoms with Crippen LogP contribution in [0.25, 0.3) is 0 Å². The van der Waals surface area contributed by atoms with Crippen molar-refractivity contribution < 1.29 is 13.2 Å². The monoisotopic (exact) mass is 300 g/mol. The van der Waals surface area contributed by atoms with Crippen LogP contribution in [0.1, 0.15) is 50.3 Å². The molecule has 1 heterocycles. The van der Waals surface area contributed by atoms with Gasteiger partial charge >= 0.3 is 6.18 Å². The molecule has 1 aromatic carbocycles. The van der Waals surface area contributed by atoms with Crippen LogP contribution < -0.4 is 5.73 Å². The molecule has 0 bridgehead atoms. The summed E-state index contributed by atoms with van der Waals surface area (Å²) >= 11 is 0. The minimum Gasteiger partial charge on any atom is -0.327 e. The first-order chi connectivity index (χ1) is 9.82. The molecule has 118 valence electrons. The lowest BCUT2D eigenvalue weighted by Crippen LogP contribution is -2.50. The minimum absolute atomic E-state index is 0.0363. The van der Waals surface area contributed by atoms with Gasteiger partial charge in [0.25, 0.3) is 0 Å². The van der Waals surface area contributed by atoms with Gasteiger partial charge in [-0.25, -0.2) is 0 Å². The number of benzene rings is 1. The molecule has 2 N–H and O–H groups in total. The molecular formula is C16H23F3N2. The Hall–Kier alpha value is -1.07. The van der Waals surface area contributed by atoms with Gasteiger partial charge < -0.3 is 5.73 Å². The van der Waals surface area contributed by atoms with Gasteiger partial charge in [0.05, 0.1) is 5.56 Å². The molecule has 1 aromatic rings. The van der Waals surface area contributed by atoms with Crippen molar-refractivity contribution in [2.45, 2.75) is 57.4 Å². The molecule has 1 aliphatic rings. The van der Waals surface area contributed by atoms with E-state index in [1.54, 1.807) is 12.1 Å². The van der Waals surface area contributed by atoms with Crippen LogP contribution in [0.4, 0.5) is 13.2 Å². The molecule has 1 aliphatic heterocycles. The lowest BCUT2D eigenvalue weighted by Gasteiger charge is -2.42. The molecule has 1 saturated heterocycles. The Morgan fingerprint density at radius 3 is 2.48 bits per heavy atom. The largest absolute Gasteiger partial charge is 0.416 e. The van der Waals surface area contributed by atoms with Crippen LogP contribution in [0.2, 0.25) is 0 Å². The fourth-order valence-corrected chi connectivity index (χ4v) is 3.32. The summed E-state index contributed by atoms with van der Waals surface area (Å²) in [4.78, 5) is 2.14. The average Bonchev–Trinajstić information content (AvgIpc) is 2.45. The van der Waals surface area contributed by atoms with E-state index in [4.69, 9.17) is 5.73 Å². The fourth-order valence-electron chi connectivity index (χ4n) is 3.32. The zero-order valence-corrected chi connectivity index (χ0v) is 12.5. The third-order valence-electron chi connectivity index (χ3n) is 4.41. The lowest BCUT2D eigenvalue weighted by atomic mass is 9.91. The first-order valence-corrected chi connectivity index (χ1v) is 7.50. The first kappa shape index (κ1) is 16.3. The summed E-state index contributed by atoms with van der Waals surface area (Å²) in [5.41, 5.74) is 5.84. The highest BCUT2D eigenvalue weighted by molar-refractivity contribution is 5.32. The Labute approximate surface area is 124 Å². The second-order valence-electron chi connectivity index (χ2n) is 5.92. The number of alkyl halides is 3. The zero-order chi connectivity index (χ0) is 15.6. The fraction of sp³-hybridized carbons (Fsp3) is 0.625. The summed E-state index contributed by atoms with van der Waals surface area (Å²) in [6.45, 7) is 4.59. The molecule has 21 heavy (non-hydrogen) atoms. The van der Waals surface area contributed by atoms with E-state index in [9.17, 15) is 13.2 Å². The van der Waals surface area contributed by atoms with Crippen molar-refractivity contribution in [3.05, 3.63) is 35.4 Å². The summed E-state index contributed by atoms with van der Waals surface area (Å²) in [5, 5.41) is 0. The maximum atomic E-state index is 13.2. The van der Waals surface area contributed by atoms with Crippen LogP contribution in [0.15, 0.2) is 24.3 Å². The molecule has 1 fully saturated rings. The lowest BCUT2D eigenvalue weighted by molar-refractivity contribution is -0.138. The summed E-state index contributed by atoms with van der Waals surface area (Å²) in [7, 11) is 0. The van der Waals surface area contributed by atoms with Gasteiger partial charge in [0.15, 0.2) is 0 Å². The second-order valence-corrected chi connectivity index (χ2v) is 5.92. The van der Waals surface area contributed by atoms with Crippen molar-refractivity contribution in [1.82, 2.24) is 4.90 Å². The molecule has 3 atom stereocenters. The van der Waals surface area contributed by atoms with Gasteiger partial charge in [-0.2, -0.15) is 13.2 Å². The molecule has 2 nitrogen and oxygen atoms in total. The Morgan fingerprint density at radius 2 is 1.86 bits per heavy atom. The maximum Gasteiger partial charge on any atom is 0.416 e. The number of piperidine rings is 1. The van der Waals surface area contributed by atoms with Crippen molar-refractivity contribution in [3.8, 4) is 0 Å². The van der Waals surface area contributed by atoms with E-state index in [1.807, 2.05) is 13.8 Å². The summed E-state index contributed by atoms with van der Waals surface area (Å²) in [6.07, 6.45) is -1.25. The van der Waals surface area contributed by atoms with Crippen molar-refractivity contribution in [2.75, 3.05) is 6.54 Å². The van der Waals surface area contributed by atoms with Crippen LogP contribution in [-0.4, -0.2) is 23.5 Å². The van der Waals surface area contributed by atoms with Crippen molar-refractivity contribution >= 4 is 0 Å². The maximum absolute atomic E-state index is 13.2. The van der Waals surface area contributed by atoms with E-state index in [0.29, 0.717) is 5.56 Å². The van der Waals surface area contributed by atoms with Crippen LogP contribution in [0.5, 0.6) is 0 Å². The van der Waals surface area contributed by atoms with Crippen LogP contribution in [-0.2, 0) is 6.18 Å². The standard InChI is InChI=1S/C16H23F3N2/c1-11(20)15-9-5-6-10-21(15)12(2)13-7-3-4-8-14(13)16(17,18)19/h3-4,7-8,11-12,15H,5-6,9-10,20H2,1-2H3.